The van der Waals surface area contributed by atoms with Crippen molar-refractivity contribution in [3.8, 4) is 0 Å². The molecule has 0 bridgehead atoms. The van der Waals surface area contributed by atoms with Crippen LogP contribution in [0.25, 0.3) is 0 Å². The highest BCUT2D eigenvalue weighted by Crippen LogP contribution is 2.39. The minimum atomic E-state index is 0.457. The van der Waals surface area contributed by atoms with E-state index in [4.69, 9.17) is 0 Å². The van der Waals surface area contributed by atoms with Gasteiger partial charge in [0.1, 0.15) is 0 Å². The third-order valence-electron chi connectivity index (χ3n) is 2.72. The fourth-order valence-corrected chi connectivity index (χ4v) is 3.02. The van der Waals surface area contributed by atoms with Crippen LogP contribution >= 0.6 is 22.5 Å². The molecule has 0 spiro atoms. The van der Waals surface area contributed by atoms with Gasteiger partial charge >= 0.3 is 0 Å². The Morgan fingerprint density at radius 2 is 1.67 bits per heavy atom. The molecule has 0 rings (SSSR count). The molecule has 0 aromatic rings. The van der Waals surface area contributed by atoms with Crippen LogP contribution in [0.1, 0.15) is 59.3 Å². The number of hydrogen-bond donors (Lipinski definition) is 1. The minimum Gasteiger partial charge on any atom is -0.111 e. The Labute approximate surface area is 86.7 Å². The van der Waals surface area contributed by atoms with Crippen LogP contribution in [0.4, 0.5) is 0 Å². The SMILES string of the molecule is CCCCCC(CC)(CC)SS. The molecule has 0 unspecified atom stereocenters. The van der Waals surface area contributed by atoms with E-state index in [1.165, 1.54) is 38.5 Å². The van der Waals surface area contributed by atoms with Gasteiger partial charge in [-0.1, -0.05) is 50.8 Å². The summed E-state index contributed by atoms with van der Waals surface area (Å²) in [4.78, 5) is 0. The van der Waals surface area contributed by atoms with Crippen molar-refractivity contribution in [3.05, 3.63) is 0 Å². The first-order valence-electron chi connectivity index (χ1n) is 5.07. The lowest BCUT2D eigenvalue weighted by molar-refractivity contribution is 0.481. The van der Waals surface area contributed by atoms with Gasteiger partial charge < -0.3 is 0 Å². The second-order valence-corrected chi connectivity index (χ2v) is 5.03. The van der Waals surface area contributed by atoms with Crippen molar-refractivity contribution in [2.24, 2.45) is 0 Å². The monoisotopic (exact) mass is 206 g/mol. The van der Waals surface area contributed by atoms with Gasteiger partial charge in [0, 0.05) is 4.75 Å². The van der Waals surface area contributed by atoms with Crippen molar-refractivity contribution in [1.29, 1.82) is 0 Å². The molecule has 12 heavy (non-hydrogen) atoms. The Bertz CT molecular complexity index is 89.7. The fourth-order valence-electron chi connectivity index (χ4n) is 1.48. The summed E-state index contributed by atoms with van der Waals surface area (Å²) >= 11 is 4.38. The average Bonchev–Trinajstić information content (AvgIpc) is 2.14. The third kappa shape index (κ3) is 4.08. The molecule has 2 heteroatoms. The molecule has 0 N–H and O–H groups in total. The van der Waals surface area contributed by atoms with Gasteiger partial charge in [-0.25, -0.2) is 0 Å². The zero-order valence-corrected chi connectivity index (χ0v) is 10.3. The van der Waals surface area contributed by atoms with E-state index < -0.39 is 0 Å². The van der Waals surface area contributed by atoms with Crippen molar-refractivity contribution in [2.75, 3.05) is 0 Å². The molecule has 0 aromatic heterocycles. The lowest BCUT2D eigenvalue weighted by Gasteiger charge is -2.28. The summed E-state index contributed by atoms with van der Waals surface area (Å²) in [6.07, 6.45) is 7.90. The summed E-state index contributed by atoms with van der Waals surface area (Å²) in [7, 11) is 1.76. The molecule has 0 aliphatic heterocycles. The molecule has 0 saturated heterocycles. The maximum Gasteiger partial charge on any atom is 0.0256 e. The number of rotatable bonds is 7. The van der Waals surface area contributed by atoms with Gasteiger partial charge in [-0.2, -0.15) is 0 Å². The Balaban J connectivity index is 3.76. The van der Waals surface area contributed by atoms with Crippen LogP contribution < -0.4 is 0 Å². The highest BCUT2D eigenvalue weighted by Gasteiger charge is 2.24. The summed E-state index contributed by atoms with van der Waals surface area (Å²) in [6, 6.07) is 0. The molecule has 0 radical (unpaired) electrons. The molecule has 74 valence electrons. The fraction of sp³-hybridized carbons (Fsp3) is 1.00. The van der Waals surface area contributed by atoms with Crippen molar-refractivity contribution >= 4 is 22.5 Å². The van der Waals surface area contributed by atoms with Crippen LogP contribution in [0.3, 0.4) is 0 Å². The normalized spacial score (nSPS) is 12.0. The van der Waals surface area contributed by atoms with E-state index in [0.29, 0.717) is 4.75 Å². The maximum absolute atomic E-state index is 4.38. The Hall–Kier alpha value is 0.700. The third-order valence-corrected chi connectivity index (χ3v) is 5.05. The zero-order chi connectivity index (χ0) is 9.45. The van der Waals surface area contributed by atoms with Crippen LogP contribution in [0.5, 0.6) is 0 Å². The van der Waals surface area contributed by atoms with E-state index in [1.54, 1.807) is 10.8 Å². The predicted molar refractivity (Wildman–Crippen MR) is 64.0 cm³/mol. The van der Waals surface area contributed by atoms with E-state index in [-0.39, 0.29) is 0 Å². The first-order valence-corrected chi connectivity index (χ1v) is 6.94. The summed E-state index contributed by atoms with van der Waals surface area (Å²) in [5.74, 6) is 0. The number of hydrogen-bond acceptors (Lipinski definition) is 2. The molecule has 0 aliphatic carbocycles. The van der Waals surface area contributed by atoms with Gasteiger partial charge in [-0.3, -0.25) is 0 Å². The topological polar surface area (TPSA) is 0 Å². The lowest BCUT2D eigenvalue weighted by atomic mass is 9.95. The number of thiol groups is 1. The molecule has 0 aromatic carbocycles. The van der Waals surface area contributed by atoms with Crippen LogP contribution in [0.15, 0.2) is 0 Å². The van der Waals surface area contributed by atoms with Crippen LogP contribution in [-0.2, 0) is 0 Å². The second-order valence-electron chi connectivity index (χ2n) is 3.44. The average molecular weight is 206 g/mol. The van der Waals surface area contributed by atoms with E-state index in [9.17, 15) is 0 Å². The smallest absolute Gasteiger partial charge is 0.0256 e. The molecule has 0 heterocycles. The Morgan fingerprint density at radius 3 is 2.00 bits per heavy atom. The largest absolute Gasteiger partial charge is 0.111 e. The Kier molecular flexibility index (Phi) is 7.55. The van der Waals surface area contributed by atoms with Crippen molar-refractivity contribution in [2.45, 2.75) is 64.0 Å². The standard InChI is InChI=1S/C10H22S2/c1-4-7-8-9-10(5-2,6-3)12-11/h11H,4-9H2,1-3H3. The summed E-state index contributed by atoms with van der Waals surface area (Å²) in [5.41, 5.74) is 0. The van der Waals surface area contributed by atoms with Gasteiger partial charge in [-0.05, 0) is 19.3 Å². The van der Waals surface area contributed by atoms with Crippen molar-refractivity contribution in [1.82, 2.24) is 0 Å². The molecular weight excluding hydrogens is 184 g/mol. The highest BCUT2D eigenvalue weighted by molar-refractivity contribution is 8.69. The first-order chi connectivity index (χ1) is 5.74. The summed E-state index contributed by atoms with van der Waals surface area (Å²) < 4.78 is 0.457. The molecule has 0 nitrogen and oxygen atoms in total. The summed E-state index contributed by atoms with van der Waals surface area (Å²) in [6.45, 7) is 6.81. The van der Waals surface area contributed by atoms with E-state index in [2.05, 4.69) is 32.4 Å². The van der Waals surface area contributed by atoms with Gasteiger partial charge in [0.15, 0.2) is 0 Å². The van der Waals surface area contributed by atoms with Crippen LogP contribution in [-0.4, -0.2) is 4.75 Å². The van der Waals surface area contributed by atoms with Crippen molar-refractivity contribution < 1.29 is 0 Å². The van der Waals surface area contributed by atoms with Crippen LogP contribution in [0, 0.1) is 0 Å². The Morgan fingerprint density at radius 1 is 1.08 bits per heavy atom. The zero-order valence-electron chi connectivity index (χ0n) is 8.60. The number of unbranched alkanes of at least 4 members (excludes halogenated alkanes) is 2. The second kappa shape index (κ2) is 7.14. The first kappa shape index (κ1) is 12.7. The molecule has 0 aliphatic rings. The predicted octanol–water partition coefficient (Wildman–Crippen LogP) is 4.70. The van der Waals surface area contributed by atoms with Gasteiger partial charge in [0.25, 0.3) is 0 Å². The minimum absolute atomic E-state index is 0.457. The molecule has 0 saturated carbocycles. The molecule has 0 atom stereocenters. The van der Waals surface area contributed by atoms with Gasteiger partial charge in [0.2, 0.25) is 0 Å². The molecular formula is C10H22S2. The maximum atomic E-state index is 4.38. The van der Waals surface area contributed by atoms with Crippen LogP contribution in [0.2, 0.25) is 0 Å². The quantitative estimate of drug-likeness (QED) is 0.358. The van der Waals surface area contributed by atoms with Gasteiger partial charge in [-0.15, -0.1) is 11.7 Å². The van der Waals surface area contributed by atoms with E-state index in [0.717, 1.165) is 0 Å². The highest BCUT2D eigenvalue weighted by atomic mass is 33.1. The lowest BCUT2D eigenvalue weighted by Crippen LogP contribution is -2.20. The van der Waals surface area contributed by atoms with Crippen molar-refractivity contribution in [3.63, 3.8) is 0 Å². The summed E-state index contributed by atoms with van der Waals surface area (Å²) in [5, 5.41) is 0. The van der Waals surface area contributed by atoms with Gasteiger partial charge in [0.05, 0.1) is 0 Å². The van der Waals surface area contributed by atoms with E-state index in [1.807, 2.05) is 0 Å². The molecule has 0 fully saturated rings. The molecule has 0 amide bonds. The van der Waals surface area contributed by atoms with E-state index >= 15 is 0 Å².